The summed E-state index contributed by atoms with van der Waals surface area (Å²) in [5.41, 5.74) is 1.85. The normalized spacial score (nSPS) is 15.5. The van der Waals surface area contributed by atoms with Crippen molar-refractivity contribution in [2.75, 3.05) is 20.6 Å². The molecule has 33 heavy (non-hydrogen) atoms. The van der Waals surface area contributed by atoms with Crippen LogP contribution in [-0.2, 0) is 17.9 Å². The Morgan fingerprint density at radius 1 is 1.06 bits per heavy atom. The molecule has 1 atom stereocenters. The molecule has 0 bridgehead atoms. The van der Waals surface area contributed by atoms with Crippen LogP contribution in [0.1, 0.15) is 43.4 Å². The fourth-order valence-electron chi connectivity index (χ4n) is 4.55. The molecule has 7 heteroatoms. The van der Waals surface area contributed by atoms with E-state index in [-0.39, 0.29) is 11.8 Å². The zero-order valence-corrected chi connectivity index (χ0v) is 20.1. The number of likely N-dealkylation sites (N-methyl/N-ethyl adjacent to an activating group) is 1. The van der Waals surface area contributed by atoms with Gasteiger partial charge in [-0.15, -0.1) is 0 Å². The maximum absolute atomic E-state index is 13.5. The zero-order chi connectivity index (χ0) is 23.8. The summed E-state index contributed by atoms with van der Waals surface area (Å²) in [6.45, 7) is 8.18. The molecule has 2 amide bonds. The maximum Gasteiger partial charge on any atom is 0.272 e. The third kappa shape index (κ3) is 4.50. The van der Waals surface area contributed by atoms with E-state index in [1.165, 1.54) is 0 Å². The Labute approximate surface area is 195 Å². The third-order valence-corrected chi connectivity index (χ3v) is 6.31. The lowest BCUT2D eigenvalue weighted by atomic mass is 9.86. The van der Waals surface area contributed by atoms with Gasteiger partial charge < -0.3 is 20.1 Å². The molecule has 1 aliphatic heterocycles. The molecule has 174 valence electrons. The van der Waals surface area contributed by atoms with Crippen LogP contribution in [0.5, 0.6) is 0 Å². The van der Waals surface area contributed by atoms with E-state index in [0.29, 0.717) is 12.2 Å². The van der Waals surface area contributed by atoms with Crippen molar-refractivity contribution in [2.24, 2.45) is 5.41 Å². The minimum absolute atomic E-state index is 0.215. The van der Waals surface area contributed by atoms with Gasteiger partial charge in [0.2, 0.25) is 5.91 Å². The first-order valence-electron chi connectivity index (χ1n) is 11.5. The van der Waals surface area contributed by atoms with Crippen LogP contribution in [0.2, 0.25) is 0 Å². The second kappa shape index (κ2) is 8.98. The first-order valence-corrected chi connectivity index (χ1v) is 11.5. The minimum Gasteiger partial charge on any atom is -0.357 e. The number of nitrogens with one attached hydrogen (secondary N) is 2. The van der Waals surface area contributed by atoms with Gasteiger partial charge in [0.05, 0.1) is 5.69 Å². The largest absolute Gasteiger partial charge is 0.357 e. The summed E-state index contributed by atoms with van der Waals surface area (Å²) in [6, 6.07) is 13.7. The minimum atomic E-state index is -0.670. The van der Waals surface area contributed by atoms with Crippen LogP contribution in [0.3, 0.4) is 0 Å². The second-order valence-corrected chi connectivity index (χ2v) is 9.89. The molecule has 4 rings (SSSR count). The van der Waals surface area contributed by atoms with E-state index < -0.39 is 11.5 Å². The Kier molecular flexibility index (Phi) is 6.26. The average Bonchev–Trinajstić information content (AvgIpc) is 3.01. The molecular formula is C26H33N5O2. The molecule has 2 N–H and O–H groups in total. The van der Waals surface area contributed by atoms with Crippen LogP contribution in [0.4, 0.5) is 0 Å². The van der Waals surface area contributed by atoms with Crippen molar-refractivity contribution in [3.05, 3.63) is 53.9 Å². The number of nitrogens with zero attached hydrogens (tertiary/aromatic N) is 3. The summed E-state index contributed by atoms with van der Waals surface area (Å²) in [4.78, 5) is 33.2. The Balaban J connectivity index is 1.83. The lowest BCUT2D eigenvalue weighted by Gasteiger charge is -2.29. The number of fused-ring (bicyclic) bond motifs is 2. The number of imidazole rings is 1. The maximum atomic E-state index is 13.5. The van der Waals surface area contributed by atoms with Gasteiger partial charge in [0.15, 0.2) is 5.69 Å². The quantitative estimate of drug-likeness (QED) is 0.642. The van der Waals surface area contributed by atoms with Crippen LogP contribution < -0.4 is 10.6 Å². The number of rotatable bonds is 4. The highest BCUT2D eigenvalue weighted by atomic mass is 16.2. The molecule has 0 spiro atoms. The molecule has 2 heterocycles. The van der Waals surface area contributed by atoms with Crippen molar-refractivity contribution in [2.45, 2.75) is 46.3 Å². The summed E-state index contributed by atoms with van der Waals surface area (Å²) < 4.78 is 2.19. The highest BCUT2D eigenvalue weighted by Crippen LogP contribution is 2.31. The topological polar surface area (TPSA) is 79.3 Å². The van der Waals surface area contributed by atoms with Crippen LogP contribution >= 0.6 is 0 Å². The van der Waals surface area contributed by atoms with Gasteiger partial charge in [-0.2, -0.15) is 0 Å². The summed E-state index contributed by atoms with van der Waals surface area (Å²) >= 11 is 0. The zero-order valence-electron chi connectivity index (χ0n) is 20.1. The van der Waals surface area contributed by atoms with Gasteiger partial charge in [-0.3, -0.25) is 9.59 Å². The van der Waals surface area contributed by atoms with Crippen molar-refractivity contribution in [1.29, 1.82) is 0 Å². The van der Waals surface area contributed by atoms with E-state index in [9.17, 15) is 9.59 Å². The van der Waals surface area contributed by atoms with Gasteiger partial charge in [0.1, 0.15) is 11.9 Å². The molecule has 0 saturated carbocycles. The van der Waals surface area contributed by atoms with Gasteiger partial charge in [-0.25, -0.2) is 4.98 Å². The molecule has 0 fully saturated rings. The molecule has 0 saturated heterocycles. The summed E-state index contributed by atoms with van der Waals surface area (Å²) in [5, 5.41) is 7.88. The number of carbonyl (C=O) groups excluding carboxylic acids is 2. The first-order chi connectivity index (χ1) is 15.7. The highest BCUT2D eigenvalue weighted by Gasteiger charge is 2.34. The van der Waals surface area contributed by atoms with Crippen LogP contribution in [0, 0.1) is 5.41 Å². The summed E-state index contributed by atoms with van der Waals surface area (Å²) in [6.07, 6.45) is 0.974. The Hall–Kier alpha value is -3.19. The molecule has 0 radical (unpaired) electrons. The highest BCUT2D eigenvalue weighted by molar-refractivity contribution is 5.99. The van der Waals surface area contributed by atoms with Crippen molar-refractivity contribution in [1.82, 2.24) is 25.1 Å². The van der Waals surface area contributed by atoms with Crippen molar-refractivity contribution >= 4 is 22.6 Å². The second-order valence-electron chi connectivity index (χ2n) is 9.89. The average molecular weight is 448 g/mol. The monoisotopic (exact) mass is 447 g/mol. The molecule has 1 aromatic heterocycles. The smallest absolute Gasteiger partial charge is 0.272 e. The Morgan fingerprint density at radius 2 is 1.79 bits per heavy atom. The molecule has 1 aliphatic rings. The number of hydrogen-bond acceptors (Lipinski definition) is 4. The van der Waals surface area contributed by atoms with Crippen molar-refractivity contribution in [3.8, 4) is 11.4 Å². The standard InChI is InChI=1S/C26H33N5O2/c1-26(2,3)22(25(33)27-4)29-24(32)21-20-16-30(5)14-9-15-31(20)23(28-21)19-13-8-11-17-10-6-7-12-18(17)19/h6-8,10-13,22H,9,14-16H2,1-5H3,(H,27,33)(H,29,32)/t22-/m1/s1. The molecule has 0 aliphatic carbocycles. The van der Waals surface area contributed by atoms with Crippen molar-refractivity contribution in [3.63, 3.8) is 0 Å². The van der Waals surface area contributed by atoms with Crippen molar-refractivity contribution < 1.29 is 9.59 Å². The summed E-state index contributed by atoms with van der Waals surface area (Å²) in [5.74, 6) is 0.270. The number of amides is 2. The van der Waals surface area contributed by atoms with E-state index in [4.69, 9.17) is 4.98 Å². The summed E-state index contributed by atoms with van der Waals surface area (Å²) in [7, 11) is 3.65. The van der Waals surface area contributed by atoms with Gasteiger partial charge in [-0.1, -0.05) is 63.2 Å². The van der Waals surface area contributed by atoms with Gasteiger partial charge in [0.25, 0.3) is 5.91 Å². The first kappa shape index (κ1) is 23.0. The number of hydrogen-bond donors (Lipinski definition) is 2. The van der Waals surface area contributed by atoms with E-state index in [1.807, 2.05) is 39.0 Å². The fraction of sp³-hybridized carbons (Fsp3) is 0.423. The van der Waals surface area contributed by atoms with Crippen LogP contribution in [0.15, 0.2) is 42.5 Å². The van der Waals surface area contributed by atoms with E-state index in [2.05, 4.69) is 51.4 Å². The van der Waals surface area contributed by atoms with E-state index in [1.54, 1.807) is 7.05 Å². The van der Waals surface area contributed by atoms with Gasteiger partial charge in [0, 0.05) is 25.7 Å². The van der Waals surface area contributed by atoms with E-state index >= 15 is 0 Å². The molecule has 0 unspecified atom stereocenters. The molecule has 3 aromatic rings. The van der Waals surface area contributed by atoms with Crippen LogP contribution in [0.25, 0.3) is 22.2 Å². The predicted molar refractivity (Wildman–Crippen MR) is 131 cm³/mol. The lowest BCUT2D eigenvalue weighted by molar-refractivity contribution is -0.124. The SMILES string of the molecule is CNC(=O)[C@@H](NC(=O)c1nc(-c2cccc3ccccc23)n2c1CN(C)CCC2)C(C)(C)C. The molecule has 7 nitrogen and oxygen atoms in total. The number of aromatic nitrogens is 2. The number of carbonyl (C=O) groups is 2. The predicted octanol–water partition coefficient (Wildman–Crippen LogP) is 3.43. The molecular weight excluding hydrogens is 414 g/mol. The Bertz CT molecular complexity index is 1190. The lowest BCUT2D eigenvalue weighted by Crippen LogP contribution is -2.53. The Morgan fingerprint density at radius 3 is 2.52 bits per heavy atom. The molecule has 2 aromatic carbocycles. The van der Waals surface area contributed by atoms with Gasteiger partial charge in [-0.05, 0) is 36.2 Å². The van der Waals surface area contributed by atoms with Gasteiger partial charge >= 0.3 is 0 Å². The number of benzene rings is 2. The van der Waals surface area contributed by atoms with Crippen LogP contribution in [-0.4, -0.2) is 52.9 Å². The van der Waals surface area contributed by atoms with E-state index in [0.717, 1.165) is 47.4 Å². The fourth-order valence-corrected chi connectivity index (χ4v) is 4.55. The third-order valence-electron chi connectivity index (χ3n) is 6.31.